The van der Waals surface area contributed by atoms with Crippen LogP contribution in [-0.4, -0.2) is 11.3 Å². The zero-order chi connectivity index (χ0) is 11.4. The van der Waals surface area contributed by atoms with Gasteiger partial charge in [0, 0.05) is 17.3 Å². The van der Waals surface area contributed by atoms with Crippen LogP contribution in [0.1, 0.15) is 43.6 Å². The highest BCUT2D eigenvalue weighted by molar-refractivity contribution is 5.61. The topological polar surface area (TPSA) is 30.0 Å². The number of hydrogen-bond acceptors (Lipinski definition) is 2. The maximum Gasteiger partial charge on any atom is 0.127 e. The van der Waals surface area contributed by atoms with Gasteiger partial charge in [-0.15, -0.1) is 0 Å². The Kier molecular flexibility index (Phi) is 4.01. The second-order valence-electron chi connectivity index (χ2n) is 4.56. The SMILES string of the molecule is Cc1cc(C(C)C=O)cc(CC(C)C)n1. The number of aromatic nitrogens is 1. The van der Waals surface area contributed by atoms with Gasteiger partial charge in [-0.25, -0.2) is 0 Å². The molecule has 0 aromatic carbocycles. The Morgan fingerprint density at radius 1 is 1.33 bits per heavy atom. The molecule has 0 aliphatic heterocycles. The molecule has 15 heavy (non-hydrogen) atoms. The van der Waals surface area contributed by atoms with Gasteiger partial charge in [0.1, 0.15) is 6.29 Å². The van der Waals surface area contributed by atoms with E-state index >= 15 is 0 Å². The Hall–Kier alpha value is -1.18. The van der Waals surface area contributed by atoms with Crippen LogP contribution in [0.5, 0.6) is 0 Å². The van der Waals surface area contributed by atoms with E-state index in [1.165, 1.54) is 0 Å². The first kappa shape index (κ1) is 11.9. The van der Waals surface area contributed by atoms with E-state index in [2.05, 4.69) is 18.8 Å². The summed E-state index contributed by atoms with van der Waals surface area (Å²) in [6, 6.07) is 4.04. The maximum atomic E-state index is 10.7. The van der Waals surface area contributed by atoms with E-state index in [4.69, 9.17) is 0 Å². The highest BCUT2D eigenvalue weighted by atomic mass is 16.1. The van der Waals surface area contributed by atoms with Gasteiger partial charge in [0.15, 0.2) is 0 Å². The number of carbonyl (C=O) groups is 1. The number of pyridine rings is 1. The second-order valence-corrected chi connectivity index (χ2v) is 4.56. The van der Waals surface area contributed by atoms with E-state index in [1.807, 2.05) is 26.0 Å². The number of aryl methyl sites for hydroxylation is 1. The summed E-state index contributed by atoms with van der Waals surface area (Å²) < 4.78 is 0. The molecule has 1 rings (SSSR count). The molecule has 1 atom stereocenters. The summed E-state index contributed by atoms with van der Waals surface area (Å²) in [5.74, 6) is 0.566. The Morgan fingerprint density at radius 2 is 2.00 bits per heavy atom. The summed E-state index contributed by atoms with van der Waals surface area (Å²) in [5.41, 5.74) is 3.17. The summed E-state index contributed by atoms with van der Waals surface area (Å²) in [5, 5.41) is 0. The van der Waals surface area contributed by atoms with Crippen molar-refractivity contribution in [3.63, 3.8) is 0 Å². The van der Waals surface area contributed by atoms with Crippen molar-refractivity contribution < 1.29 is 4.79 Å². The maximum absolute atomic E-state index is 10.7. The lowest BCUT2D eigenvalue weighted by atomic mass is 9.99. The summed E-state index contributed by atoms with van der Waals surface area (Å²) in [4.78, 5) is 15.2. The van der Waals surface area contributed by atoms with Gasteiger partial charge in [-0.1, -0.05) is 20.8 Å². The summed E-state index contributed by atoms with van der Waals surface area (Å²) in [7, 11) is 0. The second kappa shape index (κ2) is 5.06. The van der Waals surface area contributed by atoms with Gasteiger partial charge in [0.2, 0.25) is 0 Å². The highest BCUT2D eigenvalue weighted by Crippen LogP contribution is 2.16. The lowest BCUT2D eigenvalue weighted by Gasteiger charge is -2.10. The third kappa shape index (κ3) is 3.46. The molecular formula is C13H19NO. The predicted molar refractivity (Wildman–Crippen MR) is 62.0 cm³/mol. The first-order valence-electron chi connectivity index (χ1n) is 5.45. The quantitative estimate of drug-likeness (QED) is 0.707. The smallest absolute Gasteiger partial charge is 0.127 e. The molecule has 0 aliphatic rings. The zero-order valence-electron chi connectivity index (χ0n) is 9.95. The Morgan fingerprint density at radius 3 is 2.53 bits per heavy atom. The van der Waals surface area contributed by atoms with Crippen molar-refractivity contribution in [2.75, 3.05) is 0 Å². The molecule has 0 aliphatic carbocycles. The standard InChI is InChI=1S/C13H19NO/c1-9(2)5-13-7-12(10(3)8-15)6-11(4)14-13/h6-10H,5H2,1-4H3. The average Bonchev–Trinajstić information content (AvgIpc) is 2.14. The third-order valence-corrected chi connectivity index (χ3v) is 2.38. The molecule has 82 valence electrons. The van der Waals surface area contributed by atoms with E-state index in [0.29, 0.717) is 5.92 Å². The van der Waals surface area contributed by atoms with Crippen molar-refractivity contribution in [3.05, 3.63) is 29.1 Å². The number of nitrogens with zero attached hydrogens (tertiary/aromatic N) is 1. The number of carbonyl (C=O) groups excluding carboxylic acids is 1. The van der Waals surface area contributed by atoms with Gasteiger partial charge in [-0.2, -0.15) is 0 Å². The van der Waals surface area contributed by atoms with Gasteiger partial charge >= 0.3 is 0 Å². The van der Waals surface area contributed by atoms with Crippen molar-refractivity contribution in [2.24, 2.45) is 5.92 Å². The lowest BCUT2D eigenvalue weighted by molar-refractivity contribution is -0.108. The molecule has 1 unspecified atom stereocenters. The molecule has 2 nitrogen and oxygen atoms in total. The number of aldehydes is 1. The van der Waals surface area contributed by atoms with E-state index in [9.17, 15) is 4.79 Å². The molecule has 0 spiro atoms. The van der Waals surface area contributed by atoms with Crippen LogP contribution in [0.15, 0.2) is 12.1 Å². The van der Waals surface area contributed by atoms with Crippen molar-refractivity contribution in [3.8, 4) is 0 Å². The molecule has 0 fully saturated rings. The van der Waals surface area contributed by atoms with Crippen molar-refractivity contribution >= 4 is 6.29 Å². The van der Waals surface area contributed by atoms with Crippen LogP contribution in [0, 0.1) is 12.8 Å². The number of rotatable bonds is 4. The molecule has 0 N–H and O–H groups in total. The monoisotopic (exact) mass is 205 g/mol. The molecule has 0 amide bonds. The van der Waals surface area contributed by atoms with E-state index in [-0.39, 0.29) is 5.92 Å². The molecule has 1 aromatic heterocycles. The minimum atomic E-state index is -0.0300. The normalized spacial score (nSPS) is 12.9. The van der Waals surface area contributed by atoms with Gasteiger partial charge in [0.25, 0.3) is 0 Å². The molecule has 0 saturated carbocycles. The lowest BCUT2D eigenvalue weighted by Crippen LogP contribution is -2.03. The Labute approximate surface area is 91.7 Å². The molecule has 0 saturated heterocycles. The molecule has 1 heterocycles. The van der Waals surface area contributed by atoms with Crippen LogP contribution in [0.3, 0.4) is 0 Å². The van der Waals surface area contributed by atoms with Crippen LogP contribution >= 0.6 is 0 Å². The predicted octanol–water partition coefficient (Wildman–Crippen LogP) is 2.89. The van der Waals surface area contributed by atoms with Gasteiger partial charge in [-0.3, -0.25) is 4.98 Å². The molecule has 0 radical (unpaired) electrons. The highest BCUT2D eigenvalue weighted by Gasteiger charge is 2.07. The Balaban J connectivity index is 2.99. The fourth-order valence-corrected chi connectivity index (χ4v) is 1.63. The minimum Gasteiger partial charge on any atom is -0.303 e. The van der Waals surface area contributed by atoms with Crippen LogP contribution in [0.2, 0.25) is 0 Å². The minimum absolute atomic E-state index is 0.0300. The zero-order valence-corrected chi connectivity index (χ0v) is 9.95. The third-order valence-electron chi connectivity index (χ3n) is 2.38. The molecular weight excluding hydrogens is 186 g/mol. The van der Waals surface area contributed by atoms with E-state index < -0.39 is 0 Å². The van der Waals surface area contributed by atoms with E-state index in [1.54, 1.807) is 0 Å². The van der Waals surface area contributed by atoms with Crippen LogP contribution in [-0.2, 0) is 11.2 Å². The van der Waals surface area contributed by atoms with Crippen LogP contribution in [0.25, 0.3) is 0 Å². The first-order valence-corrected chi connectivity index (χ1v) is 5.45. The van der Waals surface area contributed by atoms with Gasteiger partial charge < -0.3 is 4.79 Å². The first-order chi connectivity index (χ1) is 7.02. The fourth-order valence-electron chi connectivity index (χ4n) is 1.63. The van der Waals surface area contributed by atoms with Crippen LogP contribution in [0.4, 0.5) is 0 Å². The summed E-state index contributed by atoms with van der Waals surface area (Å²) in [6.07, 6.45) is 1.95. The van der Waals surface area contributed by atoms with Gasteiger partial charge in [0.05, 0.1) is 0 Å². The van der Waals surface area contributed by atoms with Crippen molar-refractivity contribution in [1.29, 1.82) is 0 Å². The van der Waals surface area contributed by atoms with Crippen molar-refractivity contribution in [2.45, 2.75) is 40.0 Å². The Bertz CT molecular complexity index is 344. The molecule has 2 heteroatoms. The van der Waals surface area contributed by atoms with Gasteiger partial charge in [-0.05, 0) is 37.0 Å². The molecule has 1 aromatic rings. The molecule has 0 bridgehead atoms. The largest absolute Gasteiger partial charge is 0.303 e. The van der Waals surface area contributed by atoms with Crippen molar-refractivity contribution in [1.82, 2.24) is 4.98 Å². The summed E-state index contributed by atoms with van der Waals surface area (Å²) >= 11 is 0. The van der Waals surface area contributed by atoms with Crippen LogP contribution < -0.4 is 0 Å². The average molecular weight is 205 g/mol. The fraction of sp³-hybridized carbons (Fsp3) is 0.538. The van der Waals surface area contributed by atoms with E-state index in [0.717, 1.165) is 29.7 Å². The summed E-state index contributed by atoms with van der Waals surface area (Å²) in [6.45, 7) is 8.24. The number of hydrogen-bond donors (Lipinski definition) is 0.